The van der Waals surface area contributed by atoms with Gasteiger partial charge in [0.2, 0.25) is 5.91 Å². The number of rotatable bonds is 3. The highest BCUT2D eigenvalue weighted by atomic mass is 79.9. The van der Waals surface area contributed by atoms with Crippen LogP contribution < -0.4 is 0 Å². The molecule has 0 spiro atoms. The molecule has 1 amide bonds. The lowest BCUT2D eigenvalue weighted by Crippen LogP contribution is -2.48. The van der Waals surface area contributed by atoms with Crippen molar-refractivity contribution in [2.45, 2.75) is 25.8 Å². The second-order valence-corrected chi connectivity index (χ2v) is 6.11. The van der Waals surface area contributed by atoms with Crippen LogP contribution in [0.1, 0.15) is 20.3 Å². The minimum absolute atomic E-state index is 0.0790. The fraction of sp³-hybridized carbons (Fsp3) is 0.900. The van der Waals surface area contributed by atoms with Gasteiger partial charge in [-0.1, -0.05) is 15.9 Å². The molecule has 1 heterocycles. The molecule has 0 N–H and O–H groups in total. The summed E-state index contributed by atoms with van der Waals surface area (Å²) in [6.45, 7) is 4.17. The average molecular weight is 280 g/mol. The van der Waals surface area contributed by atoms with Gasteiger partial charge in [-0.2, -0.15) is 11.8 Å². The van der Waals surface area contributed by atoms with Crippen LogP contribution in [0.2, 0.25) is 0 Å². The van der Waals surface area contributed by atoms with Gasteiger partial charge >= 0.3 is 0 Å². The van der Waals surface area contributed by atoms with Gasteiger partial charge < -0.3 is 4.90 Å². The van der Waals surface area contributed by atoms with Crippen LogP contribution in [0.4, 0.5) is 0 Å². The Morgan fingerprint density at radius 1 is 1.64 bits per heavy atom. The Hall–Kier alpha value is 0.300. The van der Waals surface area contributed by atoms with E-state index in [4.69, 9.17) is 0 Å². The molecule has 0 radical (unpaired) electrons. The van der Waals surface area contributed by atoms with E-state index in [2.05, 4.69) is 29.8 Å². The molecule has 14 heavy (non-hydrogen) atoms. The topological polar surface area (TPSA) is 20.3 Å². The number of hydrogen-bond donors (Lipinski definition) is 0. The highest BCUT2D eigenvalue weighted by molar-refractivity contribution is 9.09. The van der Waals surface area contributed by atoms with Crippen molar-refractivity contribution in [3.05, 3.63) is 0 Å². The molecule has 1 aliphatic rings. The molecule has 1 rings (SSSR count). The summed E-state index contributed by atoms with van der Waals surface area (Å²) in [5.41, 5.74) is -0.0790. The average Bonchev–Trinajstić information content (AvgIpc) is 2.68. The van der Waals surface area contributed by atoms with Crippen molar-refractivity contribution in [2.75, 3.05) is 23.9 Å². The van der Waals surface area contributed by atoms with Gasteiger partial charge in [0.05, 0.1) is 0 Å². The van der Waals surface area contributed by atoms with E-state index in [9.17, 15) is 4.79 Å². The standard InChI is InChI=1S/C10H18BrNOS/c1-10(2,7-11)12(3)9(13)8-4-5-14-6-8/h8H,4-7H2,1-3H3. The first kappa shape index (κ1) is 12.4. The van der Waals surface area contributed by atoms with Crippen molar-refractivity contribution in [2.24, 2.45) is 5.92 Å². The molecule has 1 atom stereocenters. The van der Waals surface area contributed by atoms with E-state index in [0.717, 1.165) is 23.3 Å². The van der Waals surface area contributed by atoms with Crippen LogP contribution in [0.25, 0.3) is 0 Å². The van der Waals surface area contributed by atoms with Gasteiger partial charge in [-0.3, -0.25) is 4.79 Å². The van der Waals surface area contributed by atoms with E-state index in [0.29, 0.717) is 5.91 Å². The Labute approximate surface area is 98.9 Å². The van der Waals surface area contributed by atoms with Gasteiger partial charge in [0.15, 0.2) is 0 Å². The van der Waals surface area contributed by atoms with Crippen molar-refractivity contribution in [3.8, 4) is 0 Å². The maximum absolute atomic E-state index is 12.0. The highest BCUT2D eigenvalue weighted by Crippen LogP contribution is 2.27. The van der Waals surface area contributed by atoms with Crippen LogP contribution in [0, 0.1) is 5.92 Å². The number of hydrogen-bond acceptors (Lipinski definition) is 2. The normalized spacial score (nSPS) is 22.4. The molecule has 1 saturated heterocycles. The summed E-state index contributed by atoms with van der Waals surface area (Å²) in [5, 5.41) is 0.822. The summed E-state index contributed by atoms with van der Waals surface area (Å²) in [6.07, 6.45) is 1.05. The molecular formula is C10H18BrNOS. The Balaban J connectivity index is 2.59. The molecule has 1 fully saturated rings. The highest BCUT2D eigenvalue weighted by Gasteiger charge is 2.32. The third-order valence-corrected chi connectivity index (χ3v) is 5.38. The Morgan fingerprint density at radius 3 is 2.71 bits per heavy atom. The maximum Gasteiger partial charge on any atom is 0.226 e. The van der Waals surface area contributed by atoms with Crippen LogP contribution in [0.15, 0.2) is 0 Å². The van der Waals surface area contributed by atoms with Gasteiger partial charge in [-0.25, -0.2) is 0 Å². The zero-order chi connectivity index (χ0) is 10.8. The molecule has 0 saturated carbocycles. The van der Waals surface area contributed by atoms with Crippen molar-refractivity contribution in [3.63, 3.8) is 0 Å². The summed E-state index contributed by atoms with van der Waals surface area (Å²) in [4.78, 5) is 13.9. The Bertz CT molecular complexity index is 214. The van der Waals surface area contributed by atoms with Crippen LogP contribution in [0.5, 0.6) is 0 Å². The Morgan fingerprint density at radius 2 is 2.29 bits per heavy atom. The second kappa shape index (κ2) is 4.88. The molecule has 0 bridgehead atoms. The third kappa shape index (κ3) is 2.66. The first-order chi connectivity index (χ1) is 6.49. The summed E-state index contributed by atoms with van der Waals surface area (Å²) in [6, 6.07) is 0. The summed E-state index contributed by atoms with van der Waals surface area (Å²) in [5.74, 6) is 2.70. The molecule has 0 aromatic rings. The maximum atomic E-state index is 12.0. The molecular weight excluding hydrogens is 262 g/mol. The first-order valence-electron chi connectivity index (χ1n) is 4.90. The fourth-order valence-corrected chi connectivity index (χ4v) is 2.98. The largest absolute Gasteiger partial charge is 0.340 e. The molecule has 0 aromatic heterocycles. The minimum atomic E-state index is -0.0790. The van der Waals surface area contributed by atoms with E-state index in [1.807, 2.05) is 23.7 Å². The van der Waals surface area contributed by atoms with Gasteiger partial charge in [0.25, 0.3) is 0 Å². The smallest absolute Gasteiger partial charge is 0.226 e. The summed E-state index contributed by atoms with van der Waals surface area (Å²) < 4.78 is 0. The third-order valence-electron chi connectivity index (χ3n) is 2.84. The van der Waals surface area contributed by atoms with E-state index in [1.165, 1.54) is 0 Å². The predicted molar refractivity (Wildman–Crippen MR) is 66.1 cm³/mol. The lowest BCUT2D eigenvalue weighted by molar-refractivity contribution is -0.137. The summed E-state index contributed by atoms with van der Waals surface area (Å²) >= 11 is 5.34. The van der Waals surface area contributed by atoms with Gasteiger partial charge in [-0.05, 0) is 26.0 Å². The number of halogens is 1. The number of amides is 1. The van der Waals surface area contributed by atoms with Crippen molar-refractivity contribution < 1.29 is 4.79 Å². The molecule has 2 nitrogen and oxygen atoms in total. The van der Waals surface area contributed by atoms with Gasteiger partial charge in [0.1, 0.15) is 0 Å². The van der Waals surface area contributed by atoms with E-state index in [-0.39, 0.29) is 11.5 Å². The van der Waals surface area contributed by atoms with Crippen LogP contribution in [0.3, 0.4) is 0 Å². The Kier molecular flexibility index (Phi) is 4.31. The minimum Gasteiger partial charge on any atom is -0.340 e. The van der Waals surface area contributed by atoms with Crippen LogP contribution in [-0.4, -0.2) is 40.2 Å². The zero-order valence-corrected chi connectivity index (χ0v) is 11.4. The van der Waals surface area contributed by atoms with Crippen LogP contribution in [-0.2, 0) is 4.79 Å². The molecule has 0 aromatic carbocycles. The number of alkyl halides is 1. The molecule has 1 unspecified atom stereocenters. The molecule has 4 heteroatoms. The number of thioether (sulfide) groups is 1. The SMILES string of the molecule is CN(C(=O)C1CCSC1)C(C)(C)CBr. The van der Waals surface area contributed by atoms with Crippen molar-refractivity contribution in [1.82, 2.24) is 4.90 Å². The van der Waals surface area contributed by atoms with Crippen molar-refractivity contribution >= 4 is 33.6 Å². The molecule has 1 aliphatic heterocycles. The van der Waals surface area contributed by atoms with E-state index in [1.54, 1.807) is 0 Å². The zero-order valence-electron chi connectivity index (χ0n) is 9.05. The first-order valence-corrected chi connectivity index (χ1v) is 7.18. The molecule has 82 valence electrons. The van der Waals surface area contributed by atoms with Gasteiger partial charge in [0, 0.05) is 29.6 Å². The lowest BCUT2D eigenvalue weighted by atomic mass is 10.0. The second-order valence-electron chi connectivity index (χ2n) is 4.40. The number of carbonyl (C=O) groups excluding carboxylic acids is 1. The fourth-order valence-electron chi connectivity index (χ4n) is 1.39. The quantitative estimate of drug-likeness (QED) is 0.740. The summed E-state index contributed by atoms with van der Waals surface area (Å²) in [7, 11) is 1.91. The van der Waals surface area contributed by atoms with Crippen molar-refractivity contribution in [1.29, 1.82) is 0 Å². The monoisotopic (exact) mass is 279 g/mol. The lowest BCUT2D eigenvalue weighted by Gasteiger charge is -2.35. The van der Waals surface area contributed by atoms with Gasteiger partial charge in [-0.15, -0.1) is 0 Å². The number of nitrogens with zero attached hydrogens (tertiary/aromatic N) is 1. The predicted octanol–water partition coefficient (Wildman–Crippen LogP) is 2.37. The molecule has 0 aliphatic carbocycles. The van der Waals surface area contributed by atoms with E-state index < -0.39 is 0 Å². The van der Waals surface area contributed by atoms with Crippen LogP contribution >= 0.6 is 27.7 Å². The van der Waals surface area contributed by atoms with E-state index >= 15 is 0 Å². The number of carbonyl (C=O) groups is 1.